The van der Waals surface area contributed by atoms with E-state index in [2.05, 4.69) is 143 Å². The van der Waals surface area contributed by atoms with Crippen LogP contribution in [0.2, 0.25) is 0 Å². The van der Waals surface area contributed by atoms with E-state index < -0.39 is 0 Å². The Balaban J connectivity index is 1.30. The molecule has 5 aromatic carbocycles. The van der Waals surface area contributed by atoms with Crippen molar-refractivity contribution in [2.24, 2.45) is 0 Å². The molecule has 2 atom stereocenters. The first kappa shape index (κ1) is 31.5. The van der Waals surface area contributed by atoms with Crippen LogP contribution in [0.3, 0.4) is 0 Å². The van der Waals surface area contributed by atoms with E-state index in [0.717, 1.165) is 6.42 Å². The lowest BCUT2D eigenvalue weighted by molar-refractivity contribution is 0.480. The van der Waals surface area contributed by atoms with Gasteiger partial charge in [0.25, 0.3) is 0 Å². The topological polar surface area (TPSA) is 4.93 Å². The maximum atomic E-state index is 2.53. The van der Waals surface area contributed by atoms with Gasteiger partial charge in [0.15, 0.2) is 0 Å². The van der Waals surface area contributed by atoms with Crippen LogP contribution in [-0.4, -0.2) is 4.57 Å². The Bertz CT molecular complexity index is 2060. The van der Waals surface area contributed by atoms with E-state index >= 15 is 0 Å². The van der Waals surface area contributed by atoms with Crippen molar-refractivity contribution in [1.82, 2.24) is 4.57 Å². The quantitative estimate of drug-likeness (QED) is 0.127. The van der Waals surface area contributed by atoms with Gasteiger partial charge in [-0.15, -0.1) is 0 Å². The van der Waals surface area contributed by atoms with Crippen molar-refractivity contribution in [2.45, 2.75) is 104 Å². The van der Waals surface area contributed by atoms with Gasteiger partial charge < -0.3 is 4.57 Å². The van der Waals surface area contributed by atoms with E-state index in [1.165, 1.54) is 123 Å². The first-order valence-electron chi connectivity index (χ1n) is 18.2. The molecule has 0 amide bonds. The molecule has 0 N–H and O–H groups in total. The summed E-state index contributed by atoms with van der Waals surface area (Å²) in [5.41, 5.74) is 16.3. The van der Waals surface area contributed by atoms with Gasteiger partial charge in [0, 0.05) is 21.9 Å². The van der Waals surface area contributed by atoms with Gasteiger partial charge in [0.1, 0.15) is 0 Å². The van der Waals surface area contributed by atoms with Gasteiger partial charge in [-0.3, -0.25) is 0 Å². The molecule has 1 aliphatic rings. The largest absolute Gasteiger partial charge is 0.309 e. The summed E-state index contributed by atoms with van der Waals surface area (Å²) in [5.74, 6) is 0.573. The summed E-state index contributed by atoms with van der Waals surface area (Å²) in [5, 5.41) is 2.64. The summed E-state index contributed by atoms with van der Waals surface area (Å²) >= 11 is 0. The van der Waals surface area contributed by atoms with Crippen molar-refractivity contribution in [3.63, 3.8) is 0 Å². The van der Waals surface area contributed by atoms with Crippen molar-refractivity contribution in [3.8, 4) is 27.9 Å². The monoisotopic (exact) mass is 617 g/mol. The number of fused-ring (bicyclic) bond motifs is 6. The number of hydrogen-bond acceptors (Lipinski definition) is 0. The van der Waals surface area contributed by atoms with Gasteiger partial charge in [0.2, 0.25) is 0 Å². The van der Waals surface area contributed by atoms with E-state index in [1.807, 2.05) is 0 Å². The molecule has 0 spiro atoms. The maximum Gasteiger partial charge on any atom is 0.0541 e. The number of hydrogen-bond donors (Lipinski definition) is 0. The molecule has 1 aromatic heterocycles. The van der Waals surface area contributed by atoms with Crippen LogP contribution >= 0.6 is 0 Å². The highest BCUT2D eigenvalue weighted by molar-refractivity contribution is 6.10. The molecule has 2 unspecified atom stereocenters. The van der Waals surface area contributed by atoms with Gasteiger partial charge in [0.05, 0.1) is 11.0 Å². The Kier molecular flexibility index (Phi) is 8.60. The second-order valence-electron chi connectivity index (χ2n) is 14.6. The smallest absolute Gasteiger partial charge is 0.0541 e. The minimum absolute atomic E-state index is 0.0378. The van der Waals surface area contributed by atoms with E-state index in [4.69, 9.17) is 0 Å². The minimum atomic E-state index is 0.0378. The first-order valence-corrected chi connectivity index (χ1v) is 18.2. The average Bonchev–Trinajstić information content (AvgIpc) is 3.54. The first-order chi connectivity index (χ1) is 22.8. The molecule has 0 aliphatic heterocycles. The van der Waals surface area contributed by atoms with Crippen molar-refractivity contribution in [3.05, 3.63) is 125 Å². The third-order valence-corrected chi connectivity index (χ3v) is 11.3. The second kappa shape index (κ2) is 12.8. The molecule has 1 heterocycles. The summed E-state index contributed by atoms with van der Waals surface area (Å²) in [4.78, 5) is 0. The standard InChI is InChI=1S/C46H51N/c1-7-9-10-11-12-13-26-46(6)42-28-32(4)14-22-38(42)39-23-18-36(30-43(39)46)35-19-25-45-41(29-35)40-27-31(3)15-24-44(40)47(45)37-20-16-34(17-21-37)33(5)8-2/h14-25,27-30,33H,7-13,26H2,1-6H3. The lowest BCUT2D eigenvalue weighted by Gasteiger charge is -2.28. The van der Waals surface area contributed by atoms with Gasteiger partial charge in [-0.1, -0.05) is 132 Å². The third kappa shape index (κ3) is 5.62. The maximum absolute atomic E-state index is 2.53. The number of aryl methyl sites for hydroxylation is 2. The summed E-state index contributed by atoms with van der Waals surface area (Å²) in [6.45, 7) is 13.8. The van der Waals surface area contributed by atoms with Crippen LogP contribution in [0.4, 0.5) is 0 Å². The molecule has 47 heavy (non-hydrogen) atoms. The lowest BCUT2D eigenvalue weighted by Crippen LogP contribution is -2.21. The van der Waals surface area contributed by atoms with E-state index in [-0.39, 0.29) is 5.41 Å². The molecular weight excluding hydrogens is 567 g/mol. The lowest BCUT2D eigenvalue weighted by atomic mass is 9.75. The second-order valence-corrected chi connectivity index (χ2v) is 14.6. The Morgan fingerprint density at radius 1 is 0.596 bits per heavy atom. The zero-order valence-corrected chi connectivity index (χ0v) is 29.4. The van der Waals surface area contributed by atoms with Crippen LogP contribution in [0.15, 0.2) is 97.1 Å². The molecule has 1 nitrogen and oxygen atoms in total. The van der Waals surface area contributed by atoms with Crippen LogP contribution in [0.1, 0.15) is 113 Å². The molecule has 0 saturated carbocycles. The number of nitrogens with zero attached hydrogens (tertiary/aromatic N) is 1. The molecule has 6 aromatic rings. The number of unbranched alkanes of at least 4 members (excludes halogenated alkanes) is 5. The Hall–Kier alpha value is -4.10. The third-order valence-electron chi connectivity index (χ3n) is 11.3. The Labute approximate surface area is 282 Å². The average molecular weight is 618 g/mol. The molecular formula is C46H51N. The van der Waals surface area contributed by atoms with E-state index in [1.54, 1.807) is 0 Å². The highest BCUT2D eigenvalue weighted by Gasteiger charge is 2.39. The zero-order chi connectivity index (χ0) is 32.7. The number of aromatic nitrogens is 1. The summed E-state index contributed by atoms with van der Waals surface area (Å²) in [7, 11) is 0. The van der Waals surface area contributed by atoms with Crippen LogP contribution < -0.4 is 0 Å². The number of benzene rings is 5. The number of rotatable bonds is 11. The summed E-state index contributed by atoms with van der Waals surface area (Å²) in [6, 6.07) is 37.7. The Morgan fingerprint density at radius 2 is 1.17 bits per heavy atom. The SMILES string of the molecule is CCCCCCCCC1(C)c2cc(C)ccc2-c2ccc(-c3ccc4c(c3)c3cc(C)ccc3n4-c3ccc(C(C)CC)cc3)cc21. The fourth-order valence-electron chi connectivity index (χ4n) is 8.22. The van der Waals surface area contributed by atoms with Crippen molar-refractivity contribution < 1.29 is 0 Å². The molecule has 0 saturated heterocycles. The molecule has 1 aliphatic carbocycles. The predicted octanol–water partition coefficient (Wildman–Crippen LogP) is 13.6. The zero-order valence-electron chi connectivity index (χ0n) is 29.4. The van der Waals surface area contributed by atoms with Crippen LogP contribution in [-0.2, 0) is 5.41 Å². The van der Waals surface area contributed by atoms with Gasteiger partial charge in [-0.05, 0) is 114 Å². The summed E-state index contributed by atoms with van der Waals surface area (Å²) in [6.07, 6.45) is 10.3. The summed E-state index contributed by atoms with van der Waals surface area (Å²) < 4.78 is 2.45. The normalized spacial score (nSPS) is 16.1. The van der Waals surface area contributed by atoms with Gasteiger partial charge in [-0.25, -0.2) is 0 Å². The Morgan fingerprint density at radius 3 is 1.91 bits per heavy atom. The van der Waals surface area contributed by atoms with Gasteiger partial charge >= 0.3 is 0 Å². The van der Waals surface area contributed by atoms with Crippen LogP contribution in [0.25, 0.3) is 49.7 Å². The molecule has 0 bridgehead atoms. The fourth-order valence-corrected chi connectivity index (χ4v) is 8.22. The van der Waals surface area contributed by atoms with Crippen LogP contribution in [0.5, 0.6) is 0 Å². The highest BCUT2D eigenvalue weighted by atomic mass is 15.0. The molecule has 0 radical (unpaired) electrons. The fraction of sp³-hybridized carbons (Fsp3) is 0.348. The highest BCUT2D eigenvalue weighted by Crippen LogP contribution is 2.52. The molecule has 240 valence electrons. The minimum Gasteiger partial charge on any atom is -0.309 e. The van der Waals surface area contributed by atoms with Crippen molar-refractivity contribution in [2.75, 3.05) is 0 Å². The van der Waals surface area contributed by atoms with Crippen LogP contribution in [0, 0.1) is 13.8 Å². The van der Waals surface area contributed by atoms with Crippen molar-refractivity contribution in [1.29, 1.82) is 0 Å². The van der Waals surface area contributed by atoms with Crippen molar-refractivity contribution >= 4 is 21.8 Å². The van der Waals surface area contributed by atoms with Gasteiger partial charge in [-0.2, -0.15) is 0 Å². The predicted molar refractivity (Wildman–Crippen MR) is 204 cm³/mol. The van der Waals surface area contributed by atoms with E-state index in [9.17, 15) is 0 Å². The molecule has 1 heteroatoms. The van der Waals surface area contributed by atoms with E-state index in [0.29, 0.717) is 5.92 Å². The molecule has 7 rings (SSSR count). The molecule has 0 fully saturated rings.